The highest BCUT2D eigenvalue weighted by Gasteiger charge is 2.30. The first-order valence-electron chi connectivity index (χ1n) is 8.16. The van der Waals surface area contributed by atoms with Crippen molar-refractivity contribution in [3.63, 3.8) is 0 Å². The van der Waals surface area contributed by atoms with Gasteiger partial charge in [-0.3, -0.25) is 9.59 Å². The quantitative estimate of drug-likeness (QED) is 0.853. The van der Waals surface area contributed by atoms with E-state index in [4.69, 9.17) is 0 Å². The SMILES string of the molecule is CNc1snc(C)c1C(=O)N1CCC(C(=O)Nc2nc(C)cs2)CC1. The number of nitrogens with one attached hydrogen (secondary N) is 2. The number of rotatable bonds is 4. The Balaban J connectivity index is 1.58. The molecule has 1 saturated heterocycles. The molecule has 0 aromatic carbocycles. The lowest BCUT2D eigenvalue weighted by atomic mass is 9.95. The van der Waals surface area contributed by atoms with E-state index in [0.717, 1.165) is 16.4 Å². The topological polar surface area (TPSA) is 87.2 Å². The molecular formula is C16H21N5O2S2. The number of aryl methyl sites for hydroxylation is 2. The minimum Gasteiger partial charge on any atom is -0.378 e. The van der Waals surface area contributed by atoms with E-state index in [1.165, 1.54) is 22.9 Å². The van der Waals surface area contributed by atoms with Gasteiger partial charge >= 0.3 is 0 Å². The minimum absolute atomic E-state index is 0.00857. The second-order valence-electron chi connectivity index (χ2n) is 6.07. The van der Waals surface area contributed by atoms with Crippen LogP contribution < -0.4 is 10.6 Å². The number of thiazole rings is 1. The van der Waals surface area contributed by atoms with Gasteiger partial charge < -0.3 is 15.5 Å². The third-order valence-electron chi connectivity index (χ3n) is 4.31. The van der Waals surface area contributed by atoms with E-state index >= 15 is 0 Å². The number of carbonyl (C=O) groups excluding carboxylic acids is 2. The van der Waals surface area contributed by atoms with E-state index in [0.29, 0.717) is 36.6 Å². The Morgan fingerprint density at radius 1 is 1.28 bits per heavy atom. The van der Waals surface area contributed by atoms with Crippen molar-refractivity contribution in [3.05, 3.63) is 22.3 Å². The van der Waals surface area contributed by atoms with E-state index in [9.17, 15) is 9.59 Å². The maximum absolute atomic E-state index is 12.8. The zero-order valence-corrected chi connectivity index (χ0v) is 16.1. The zero-order valence-electron chi connectivity index (χ0n) is 14.5. The van der Waals surface area contributed by atoms with Gasteiger partial charge in [-0.1, -0.05) is 0 Å². The molecular weight excluding hydrogens is 358 g/mol. The van der Waals surface area contributed by atoms with Crippen LogP contribution >= 0.6 is 22.9 Å². The summed E-state index contributed by atoms with van der Waals surface area (Å²) >= 11 is 2.73. The first kappa shape index (κ1) is 17.8. The van der Waals surface area contributed by atoms with Crippen LogP contribution in [-0.2, 0) is 4.79 Å². The Morgan fingerprint density at radius 2 is 2.00 bits per heavy atom. The lowest BCUT2D eigenvalue weighted by Gasteiger charge is -2.31. The summed E-state index contributed by atoms with van der Waals surface area (Å²) in [5.41, 5.74) is 2.30. The normalized spacial score (nSPS) is 15.2. The summed E-state index contributed by atoms with van der Waals surface area (Å²) in [5, 5.41) is 9.25. The average Bonchev–Trinajstić information content (AvgIpc) is 3.19. The smallest absolute Gasteiger partial charge is 0.258 e. The molecule has 2 amide bonds. The van der Waals surface area contributed by atoms with Crippen molar-refractivity contribution in [2.45, 2.75) is 26.7 Å². The van der Waals surface area contributed by atoms with Crippen LogP contribution in [0.1, 0.15) is 34.6 Å². The molecule has 0 aliphatic carbocycles. The second kappa shape index (κ2) is 7.49. The van der Waals surface area contributed by atoms with Crippen LogP contribution in [0.25, 0.3) is 0 Å². The van der Waals surface area contributed by atoms with Gasteiger partial charge in [-0.05, 0) is 38.2 Å². The van der Waals surface area contributed by atoms with Gasteiger partial charge in [0.05, 0.1) is 17.0 Å². The fourth-order valence-electron chi connectivity index (χ4n) is 2.91. The Bertz CT molecular complexity index is 777. The molecule has 0 bridgehead atoms. The van der Waals surface area contributed by atoms with Crippen LogP contribution in [0, 0.1) is 19.8 Å². The molecule has 0 saturated carbocycles. The summed E-state index contributed by atoms with van der Waals surface area (Å²) in [6.07, 6.45) is 1.32. The maximum Gasteiger partial charge on any atom is 0.258 e. The first-order valence-corrected chi connectivity index (χ1v) is 9.81. The summed E-state index contributed by atoms with van der Waals surface area (Å²) in [5.74, 6) is -0.102. The Morgan fingerprint density at radius 3 is 2.60 bits per heavy atom. The van der Waals surface area contributed by atoms with Crippen molar-refractivity contribution in [3.8, 4) is 0 Å². The van der Waals surface area contributed by atoms with Gasteiger partial charge in [0.15, 0.2) is 5.13 Å². The summed E-state index contributed by atoms with van der Waals surface area (Å²) < 4.78 is 4.26. The van der Waals surface area contributed by atoms with Gasteiger partial charge in [-0.2, -0.15) is 4.37 Å². The van der Waals surface area contributed by atoms with Crippen molar-refractivity contribution in [1.82, 2.24) is 14.3 Å². The Kier molecular flexibility index (Phi) is 5.33. The number of anilines is 2. The molecule has 0 atom stereocenters. The monoisotopic (exact) mass is 379 g/mol. The number of amides is 2. The minimum atomic E-state index is -0.0845. The third kappa shape index (κ3) is 3.82. The van der Waals surface area contributed by atoms with Gasteiger partial charge in [0.25, 0.3) is 5.91 Å². The number of aromatic nitrogens is 2. The largest absolute Gasteiger partial charge is 0.378 e. The number of hydrogen-bond donors (Lipinski definition) is 2. The highest BCUT2D eigenvalue weighted by Crippen LogP contribution is 2.28. The molecule has 3 rings (SSSR count). The van der Waals surface area contributed by atoms with Crippen molar-refractivity contribution < 1.29 is 9.59 Å². The van der Waals surface area contributed by atoms with Crippen LogP contribution in [0.5, 0.6) is 0 Å². The molecule has 1 aliphatic rings. The van der Waals surface area contributed by atoms with Gasteiger partial charge in [-0.25, -0.2) is 4.98 Å². The average molecular weight is 380 g/mol. The van der Waals surface area contributed by atoms with Crippen LogP contribution in [0.3, 0.4) is 0 Å². The van der Waals surface area contributed by atoms with Crippen LogP contribution in [0.15, 0.2) is 5.38 Å². The molecule has 0 spiro atoms. The molecule has 25 heavy (non-hydrogen) atoms. The molecule has 2 N–H and O–H groups in total. The van der Waals surface area contributed by atoms with Gasteiger partial charge in [0.1, 0.15) is 5.00 Å². The number of carbonyl (C=O) groups is 2. The third-order valence-corrected chi connectivity index (χ3v) is 6.14. The Hall–Kier alpha value is -2.00. The van der Waals surface area contributed by atoms with E-state index in [2.05, 4.69) is 20.0 Å². The molecule has 2 aromatic heterocycles. The second-order valence-corrected chi connectivity index (χ2v) is 7.70. The fourth-order valence-corrected chi connectivity index (χ4v) is 4.34. The summed E-state index contributed by atoms with van der Waals surface area (Å²) in [6, 6.07) is 0. The van der Waals surface area contributed by atoms with Crippen molar-refractivity contribution in [1.29, 1.82) is 0 Å². The molecule has 0 unspecified atom stereocenters. The highest BCUT2D eigenvalue weighted by molar-refractivity contribution is 7.14. The molecule has 7 nitrogen and oxygen atoms in total. The molecule has 9 heteroatoms. The van der Waals surface area contributed by atoms with Crippen LogP contribution in [0.4, 0.5) is 10.1 Å². The lowest BCUT2D eigenvalue weighted by Crippen LogP contribution is -2.41. The summed E-state index contributed by atoms with van der Waals surface area (Å²) in [6.45, 7) is 4.90. The molecule has 1 fully saturated rings. The van der Waals surface area contributed by atoms with E-state index in [1.807, 2.05) is 24.1 Å². The van der Waals surface area contributed by atoms with E-state index in [1.54, 1.807) is 7.05 Å². The van der Waals surface area contributed by atoms with E-state index < -0.39 is 0 Å². The highest BCUT2D eigenvalue weighted by atomic mass is 32.1. The van der Waals surface area contributed by atoms with Crippen molar-refractivity contribution >= 4 is 44.8 Å². The number of likely N-dealkylation sites (tertiary alicyclic amines) is 1. The zero-order chi connectivity index (χ0) is 18.0. The Labute approximate surface area is 154 Å². The van der Waals surface area contributed by atoms with Crippen LogP contribution in [-0.4, -0.2) is 46.2 Å². The van der Waals surface area contributed by atoms with Crippen molar-refractivity contribution in [2.75, 3.05) is 30.8 Å². The van der Waals surface area contributed by atoms with Crippen molar-refractivity contribution in [2.24, 2.45) is 5.92 Å². The predicted octanol–water partition coefficient (Wildman–Crippen LogP) is 2.75. The predicted molar refractivity (Wildman–Crippen MR) is 101 cm³/mol. The van der Waals surface area contributed by atoms with E-state index in [-0.39, 0.29) is 17.7 Å². The van der Waals surface area contributed by atoms with Gasteiger partial charge in [-0.15, -0.1) is 11.3 Å². The van der Waals surface area contributed by atoms with Gasteiger partial charge in [0, 0.05) is 31.4 Å². The molecule has 0 radical (unpaired) electrons. The molecule has 1 aliphatic heterocycles. The molecule has 134 valence electrons. The number of piperidine rings is 1. The number of hydrogen-bond acceptors (Lipinski definition) is 7. The fraction of sp³-hybridized carbons (Fsp3) is 0.500. The standard InChI is InChI=1S/C16H21N5O2S2/c1-9-8-24-16(18-9)19-13(22)11-4-6-21(7-5-11)15(23)12-10(2)20-25-14(12)17-3/h8,11,17H,4-7H2,1-3H3,(H,18,19,22). The van der Waals surface area contributed by atoms with Gasteiger partial charge in [0.2, 0.25) is 5.91 Å². The summed E-state index contributed by atoms with van der Waals surface area (Å²) in [7, 11) is 1.79. The maximum atomic E-state index is 12.8. The first-order chi connectivity index (χ1) is 12.0. The van der Waals surface area contributed by atoms with Crippen LogP contribution in [0.2, 0.25) is 0 Å². The summed E-state index contributed by atoms with van der Waals surface area (Å²) in [4.78, 5) is 31.2. The lowest BCUT2D eigenvalue weighted by molar-refractivity contribution is -0.121. The molecule has 3 heterocycles. The molecule has 2 aromatic rings. The number of nitrogens with zero attached hydrogens (tertiary/aromatic N) is 3.